The first-order chi connectivity index (χ1) is 20.7. The van der Waals surface area contributed by atoms with E-state index >= 15 is 0 Å². The van der Waals surface area contributed by atoms with Gasteiger partial charge in [0.15, 0.2) is 0 Å². The van der Waals surface area contributed by atoms with Crippen molar-refractivity contribution in [2.75, 3.05) is 0 Å². The molecule has 0 aliphatic carbocycles. The number of hydrogen-bond acceptors (Lipinski definition) is 2. The van der Waals surface area contributed by atoms with Crippen molar-refractivity contribution in [1.82, 2.24) is 0 Å². The maximum absolute atomic E-state index is 9.37. The second kappa shape index (κ2) is 9.31. The second-order valence-corrected chi connectivity index (χ2v) is 10.7. The van der Waals surface area contributed by atoms with Gasteiger partial charge in [-0.25, -0.2) is 0 Å². The Hall–Kier alpha value is -5.96. The number of hydrogen-bond donors (Lipinski definition) is 0. The number of nitriles is 2. The van der Waals surface area contributed by atoms with E-state index in [9.17, 15) is 10.5 Å². The number of benzene rings is 8. The lowest BCUT2D eigenvalue weighted by atomic mass is 9.84. The van der Waals surface area contributed by atoms with Gasteiger partial charge in [-0.15, -0.1) is 0 Å². The van der Waals surface area contributed by atoms with Gasteiger partial charge in [-0.3, -0.25) is 0 Å². The van der Waals surface area contributed by atoms with Crippen LogP contribution in [0.5, 0.6) is 0 Å². The van der Waals surface area contributed by atoms with Crippen molar-refractivity contribution in [2.24, 2.45) is 0 Å². The van der Waals surface area contributed by atoms with E-state index in [1.165, 1.54) is 53.9 Å². The third-order valence-corrected chi connectivity index (χ3v) is 8.50. The van der Waals surface area contributed by atoms with Crippen LogP contribution in [-0.2, 0) is 0 Å². The standard InChI is InChI=1S/C40H22N2/c41-23-25-13-17-27(18-14-25)35-21-37-29-7-1-2-8-30(29)38-22-36(28-19-15-26(24-42)16-20-28)32-10-4-6-12-34(32)40(38)39(37)33-11-5-3-9-31(33)35/h1-22H. The highest BCUT2D eigenvalue weighted by Gasteiger charge is 2.18. The van der Waals surface area contributed by atoms with Crippen LogP contribution in [0.2, 0.25) is 0 Å². The fourth-order valence-electron chi connectivity index (χ4n) is 6.59. The first-order valence-corrected chi connectivity index (χ1v) is 14.0. The largest absolute Gasteiger partial charge is 0.192 e. The van der Waals surface area contributed by atoms with Gasteiger partial charge in [0.25, 0.3) is 0 Å². The van der Waals surface area contributed by atoms with E-state index in [2.05, 4.69) is 121 Å². The lowest BCUT2D eigenvalue weighted by Gasteiger charge is -2.19. The van der Waals surface area contributed by atoms with Crippen molar-refractivity contribution in [2.45, 2.75) is 0 Å². The maximum atomic E-state index is 9.37. The molecule has 0 unspecified atom stereocenters. The normalized spacial score (nSPS) is 11.3. The van der Waals surface area contributed by atoms with Crippen molar-refractivity contribution < 1.29 is 0 Å². The third-order valence-electron chi connectivity index (χ3n) is 8.50. The summed E-state index contributed by atoms with van der Waals surface area (Å²) in [5, 5.41) is 30.9. The van der Waals surface area contributed by atoms with Gasteiger partial charge in [-0.2, -0.15) is 10.5 Å². The Bertz CT molecular complexity index is 2280. The zero-order valence-corrected chi connectivity index (χ0v) is 22.6. The molecule has 0 fully saturated rings. The Kier molecular flexibility index (Phi) is 5.29. The van der Waals surface area contributed by atoms with Crippen LogP contribution in [0, 0.1) is 22.7 Å². The molecule has 0 spiro atoms. The summed E-state index contributed by atoms with van der Waals surface area (Å²) in [6.07, 6.45) is 0. The molecule has 8 aromatic rings. The zero-order valence-electron chi connectivity index (χ0n) is 22.6. The summed E-state index contributed by atoms with van der Waals surface area (Å²) >= 11 is 0. The van der Waals surface area contributed by atoms with Gasteiger partial charge in [0, 0.05) is 0 Å². The van der Waals surface area contributed by atoms with Crippen molar-refractivity contribution in [1.29, 1.82) is 10.5 Å². The molecule has 0 atom stereocenters. The molecule has 42 heavy (non-hydrogen) atoms. The van der Waals surface area contributed by atoms with Gasteiger partial charge in [-0.1, -0.05) is 97.1 Å². The molecule has 192 valence electrons. The van der Waals surface area contributed by atoms with Crippen LogP contribution in [0.15, 0.2) is 133 Å². The van der Waals surface area contributed by atoms with Crippen LogP contribution in [-0.4, -0.2) is 0 Å². The van der Waals surface area contributed by atoms with E-state index < -0.39 is 0 Å². The van der Waals surface area contributed by atoms with Crippen molar-refractivity contribution in [3.8, 4) is 34.4 Å². The van der Waals surface area contributed by atoms with Crippen LogP contribution < -0.4 is 0 Å². The Morgan fingerprint density at radius 3 is 1.02 bits per heavy atom. The third kappa shape index (κ3) is 3.50. The molecule has 0 aliphatic rings. The van der Waals surface area contributed by atoms with Crippen LogP contribution in [0.1, 0.15) is 11.1 Å². The van der Waals surface area contributed by atoms with Gasteiger partial charge in [0.05, 0.1) is 23.3 Å². The van der Waals surface area contributed by atoms with Gasteiger partial charge in [0.2, 0.25) is 0 Å². The predicted octanol–water partition coefficient (Wildman–Crippen LogP) is 10.5. The van der Waals surface area contributed by atoms with Gasteiger partial charge in [0.1, 0.15) is 0 Å². The highest BCUT2D eigenvalue weighted by atomic mass is 14.2. The molecule has 0 heterocycles. The summed E-state index contributed by atoms with van der Waals surface area (Å²) in [6.45, 7) is 0. The van der Waals surface area contributed by atoms with E-state index in [-0.39, 0.29) is 0 Å². The average molecular weight is 531 g/mol. The van der Waals surface area contributed by atoms with Crippen molar-refractivity contribution in [3.63, 3.8) is 0 Å². The molecular formula is C40H22N2. The average Bonchev–Trinajstić information content (AvgIpc) is 3.07. The summed E-state index contributed by atoms with van der Waals surface area (Å²) in [5.41, 5.74) is 5.82. The first-order valence-electron chi connectivity index (χ1n) is 14.0. The molecule has 2 nitrogen and oxygen atoms in total. The summed E-state index contributed by atoms with van der Waals surface area (Å²) in [4.78, 5) is 0. The zero-order chi connectivity index (χ0) is 28.2. The first kappa shape index (κ1) is 23.9. The second-order valence-electron chi connectivity index (χ2n) is 10.7. The Labute approximate surface area is 242 Å². The highest BCUT2D eigenvalue weighted by Crippen LogP contribution is 2.46. The highest BCUT2D eigenvalue weighted by molar-refractivity contribution is 6.38. The lowest BCUT2D eigenvalue weighted by molar-refractivity contribution is 1.48. The quantitative estimate of drug-likeness (QED) is 0.209. The van der Waals surface area contributed by atoms with E-state index in [1.54, 1.807) is 0 Å². The topological polar surface area (TPSA) is 47.6 Å². The molecule has 0 saturated heterocycles. The van der Waals surface area contributed by atoms with Crippen molar-refractivity contribution >= 4 is 53.9 Å². The minimum absolute atomic E-state index is 0.657. The van der Waals surface area contributed by atoms with E-state index in [0.29, 0.717) is 11.1 Å². The molecule has 2 heteroatoms. The number of nitrogens with zero attached hydrogens (tertiary/aromatic N) is 2. The van der Waals surface area contributed by atoms with E-state index in [1.807, 2.05) is 24.3 Å². The SMILES string of the molecule is N#Cc1ccc(-c2cc3c4ccccc4c4cc(-c5ccc(C#N)cc5)c5ccccc5c4c3c3ccccc23)cc1. The summed E-state index contributed by atoms with van der Waals surface area (Å²) in [6, 6.07) is 51.0. The molecular weight excluding hydrogens is 508 g/mol. The minimum atomic E-state index is 0.657. The van der Waals surface area contributed by atoms with Gasteiger partial charge < -0.3 is 0 Å². The molecule has 0 bridgehead atoms. The van der Waals surface area contributed by atoms with Crippen LogP contribution in [0.3, 0.4) is 0 Å². The molecule has 0 aromatic heterocycles. The van der Waals surface area contributed by atoms with E-state index in [4.69, 9.17) is 0 Å². The fraction of sp³-hybridized carbons (Fsp3) is 0. The molecule has 8 rings (SSSR count). The Balaban J connectivity index is 1.59. The van der Waals surface area contributed by atoms with Crippen molar-refractivity contribution in [3.05, 3.63) is 145 Å². The Morgan fingerprint density at radius 2 is 0.667 bits per heavy atom. The van der Waals surface area contributed by atoms with Crippen LogP contribution in [0.4, 0.5) is 0 Å². The number of fused-ring (bicyclic) bond motifs is 10. The maximum Gasteiger partial charge on any atom is 0.0991 e. The van der Waals surface area contributed by atoms with Crippen LogP contribution >= 0.6 is 0 Å². The minimum Gasteiger partial charge on any atom is -0.192 e. The van der Waals surface area contributed by atoms with Crippen LogP contribution in [0.25, 0.3) is 76.1 Å². The molecule has 8 aromatic carbocycles. The monoisotopic (exact) mass is 530 g/mol. The predicted molar refractivity (Wildman–Crippen MR) is 174 cm³/mol. The molecule has 0 saturated carbocycles. The summed E-state index contributed by atoms with van der Waals surface area (Å²) < 4.78 is 0. The smallest absolute Gasteiger partial charge is 0.0991 e. The van der Waals surface area contributed by atoms with Gasteiger partial charge in [-0.05, 0) is 113 Å². The molecule has 0 aliphatic heterocycles. The number of rotatable bonds is 2. The summed E-state index contributed by atoms with van der Waals surface area (Å²) in [7, 11) is 0. The fourth-order valence-corrected chi connectivity index (χ4v) is 6.59. The van der Waals surface area contributed by atoms with E-state index in [0.717, 1.165) is 22.3 Å². The lowest BCUT2D eigenvalue weighted by Crippen LogP contribution is -1.91. The molecule has 0 N–H and O–H groups in total. The molecule has 0 radical (unpaired) electrons. The van der Waals surface area contributed by atoms with Gasteiger partial charge >= 0.3 is 0 Å². The molecule has 0 amide bonds. The summed E-state index contributed by atoms with van der Waals surface area (Å²) in [5.74, 6) is 0. The Morgan fingerprint density at radius 1 is 0.333 bits per heavy atom.